The second kappa shape index (κ2) is 7.12. The van der Waals surface area contributed by atoms with Crippen molar-refractivity contribution in [2.24, 2.45) is 13.0 Å². The van der Waals surface area contributed by atoms with Gasteiger partial charge in [0.25, 0.3) is 5.56 Å². The van der Waals surface area contributed by atoms with Gasteiger partial charge in [-0.15, -0.1) is 0 Å². The number of aromatic amines is 1. The maximum atomic E-state index is 12.1. The van der Waals surface area contributed by atoms with Gasteiger partial charge < -0.3 is 10.3 Å². The second-order valence-corrected chi connectivity index (χ2v) is 6.36. The van der Waals surface area contributed by atoms with Crippen molar-refractivity contribution in [3.05, 3.63) is 22.4 Å². The number of piperidine rings is 1. The van der Waals surface area contributed by atoms with Crippen LogP contribution in [0.5, 0.6) is 0 Å². The summed E-state index contributed by atoms with van der Waals surface area (Å²) in [5.41, 5.74) is 0.444. The van der Waals surface area contributed by atoms with Crippen LogP contribution in [0, 0.1) is 5.92 Å². The molecule has 8 heteroatoms. The molecule has 24 heavy (non-hydrogen) atoms. The van der Waals surface area contributed by atoms with Gasteiger partial charge in [-0.1, -0.05) is 6.92 Å². The molecule has 0 saturated carbocycles. The molecule has 1 saturated heterocycles. The maximum Gasteiger partial charge on any atom is 0.262 e. The van der Waals surface area contributed by atoms with Crippen LogP contribution in [0.3, 0.4) is 0 Å². The summed E-state index contributed by atoms with van der Waals surface area (Å²) in [5, 5.41) is 7.55. The van der Waals surface area contributed by atoms with E-state index in [0.717, 1.165) is 38.9 Å². The van der Waals surface area contributed by atoms with E-state index >= 15 is 0 Å². The molecule has 0 radical (unpaired) electrons. The molecule has 2 aromatic heterocycles. The van der Waals surface area contributed by atoms with Gasteiger partial charge in [0.2, 0.25) is 5.91 Å². The van der Waals surface area contributed by atoms with Crippen LogP contribution < -0.4 is 10.9 Å². The van der Waals surface area contributed by atoms with Crippen molar-refractivity contribution < 1.29 is 4.79 Å². The third kappa shape index (κ3) is 3.48. The summed E-state index contributed by atoms with van der Waals surface area (Å²) in [6.07, 6.45) is 4.17. The number of carbonyl (C=O) groups is 1. The third-order valence-electron chi connectivity index (χ3n) is 4.53. The molecule has 3 heterocycles. The van der Waals surface area contributed by atoms with E-state index in [4.69, 9.17) is 0 Å². The number of nitrogens with zero attached hydrogens (tertiary/aromatic N) is 4. The number of likely N-dealkylation sites (tertiary alicyclic amines) is 1. The fourth-order valence-corrected chi connectivity index (χ4v) is 3.11. The molecule has 0 spiro atoms. The van der Waals surface area contributed by atoms with Crippen molar-refractivity contribution in [3.63, 3.8) is 0 Å². The lowest BCUT2D eigenvalue weighted by molar-refractivity contribution is -0.126. The highest BCUT2D eigenvalue weighted by atomic mass is 16.2. The SMILES string of the molecule is CCCNC(=O)C1CCN(Cc2nc3c(cnn3C)c(=O)[nH]2)CC1. The smallest absolute Gasteiger partial charge is 0.262 e. The highest BCUT2D eigenvalue weighted by Crippen LogP contribution is 2.18. The number of hydrogen-bond acceptors (Lipinski definition) is 5. The Morgan fingerprint density at radius 3 is 2.88 bits per heavy atom. The average Bonchev–Trinajstić information content (AvgIpc) is 2.95. The van der Waals surface area contributed by atoms with Crippen LogP contribution in [0.4, 0.5) is 0 Å². The number of rotatable bonds is 5. The largest absolute Gasteiger partial charge is 0.356 e. The van der Waals surface area contributed by atoms with Crippen LogP contribution in [0.15, 0.2) is 11.0 Å². The molecule has 0 aromatic carbocycles. The first kappa shape index (κ1) is 16.6. The van der Waals surface area contributed by atoms with Crippen LogP contribution in [0.2, 0.25) is 0 Å². The van der Waals surface area contributed by atoms with Crippen molar-refractivity contribution in [2.45, 2.75) is 32.7 Å². The number of nitrogens with one attached hydrogen (secondary N) is 2. The number of carbonyl (C=O) groups excluding carboxylic acids is 1. The number of aryl methyl sites for hydroxylation is 1. The molecule has 2 aromatic rings. The first-order chi connectivity index (χ1) is 11.6. The van der Waals surface area contributed by atoms with Crippen LogP contribution in [-0.4, -0.2) is 50.2 Å². The molecule has 0 unspecified atom stereocenters. The summed E-state index contributed by atoms with van der Waals surface area (Å²) in [4.78, 5) is 33.7. The molecule has 1 aliphatic rings. The van der Waals surface area contributed by atoms with Gasteiger partial charge in [0, 0.05) is 19.5 Å². The van der Waals surface area contributed by atoms with Crippen molar-refractivity contribution in [2.75, 3.05) is 19.6 Å². The van der Waals surface area contributed by atoms with Crippen molar-refractivity contribution in [3.8, 4) is 0 Å². The minimum atomic E-state index is -0.156. The number of H-pyrrole nitrogens is 1. The molecule has 1 fully saturated rings. The van der Waals surface area contributed by atoms with Crippen LogP contribution in [0.25, 0.3) is 11.0 Å². The first-order valence-electron chi connectivity index (χ1n) is 8.49. The number of hydrogen-bond donors (Lipinski definition) is 2. The van der Waals surface area contributed by atoms with Gasteiger partial charge in [-0.3, -0.25) is 19.2 Å². The summed E-state index contributed by atoms with van der Waals surface area (Å²) in [6.45, 7) is 5.04. The van der Waals surface area contributed by atoms with Crippen LogP contribution in [-0.2, 0) is 18.4 Å². The van der Waals surface area contributed by atoms with Crippen molar-refractivity contribution >= 4 is 16.9 Å². The Hall–Kier alpha value is -2.22. The van der Waals surface area contributed by atoms with Gasteiger partial charge in [-0.05, 0) is 32.4 Å². The number of fused-ring (bicyclic) bond motifs is 1. The van der Waals surface area contributed by atoms with Crippen molar-refractivity contribution in [1.82, 2.24) is 30.0 Å². The molecule has 1 amide bonds. The lowest BCUT2D eigenvalue weighted by Crippen LogP contribution is -2.40. The fraction of sp³-hybridized carbons (Fsp3) is 0.625. The summed E-state index contributed by atoms with van der Waals surface area (Å²) < 4.78 is 1.61. The van der Waals surface area contributed by atoms with E-state index in [1.807, 2.05) is 0 Å². The van der Waals surface area contributed by atoms with E-state index in [9.17, 15) is 9.59 Å². The molecule has 1 aliphatic heterocycles. The molecule has 3 rings (SSSR count). The predicted octanol–water partition coefficient (Wildman–Crippen LogP) is 0.395. The molecule has 0 atom stereocenters. The molecule has 130 valence electrons. The van der Waals surface area contributed by atoms with Gasteiger partial charge in [0.1, 0.15) is 11.2 Å². The number of amides is 1. The van der Waals surface area contributed by atoms with Gasteiger partial charge in [-0.25, -0.2) is 4.98 Å². The zero-order valence-corrected chi connectivity index (χ0v) is 14.2. The lowest BCUT2D eigenvalue weighted by Gasteiger charge is -2.30. The van der Waals surface area contributed by atoms with Gasteiger partial charge in [-0.2, -0.15) is 5.10 Å². The Balaban J connectivity index is 1.61. The summed E-state index contributed by atoms with van der Waals surface area (Å²) in [6, 6.07) is 0. The topological polar surface area (TPSA) is 95.9 Å². The summed E-state index contributed by atoms with van der Waals surface area (Å²) in [7, 11) is 1.78. The zero-order chi connectivity index (χ0) is 17.1. The molecule has 8 nitrogen and oxygen atoms in total. The second-order valence-electron chi connectivity index (χ2n) is 6.36. The van der Waals surface area contributed by atoms with Crippen molar-refractivity contribution in [1.29, 1.82) is 0 Å². The molecule has 0 aliphatic carbocycles. The standard InChI is InChI=1S/C16H24N6O2/c1-3-6-17-15(23)11-4-7-22(8-5-11)10-13-19-14-12(16(24)20-13)9-18-21(14)2/h9,11H,3-8,10H2,1-2H3,(H,17,23)(H,19,20,24). The lowest BCUT2D eigenvalue weighted by atomic mass is 9.96. The predicted molar refractivity (Wildman–Crippen MR) is 90.4 cm³/mol. The van der Waals surface area contributed by atoms with Gasteiger partial charge in [0.15, 0.2) is 5.65 Å². The maximum absolute atomic E-state index is 12.1. The Morgan fingerprint density at radius 2 is 2.17 bits per heavy atom. The normalized spacial score (nSPS) is 16.6. The summed E-state index contributed by atoms with van der Waals surface area (Å²) in [5.74, 6) is 0.906. The quantitative estimate of drug-likeness (QED) is 0.826. The van der Waals surface area contributed by atoms with E-state index < -0.39 is 0 Å². The van der Waals surface area contributed by atoms with Gasteiger partial charge in [0.05, 0.1) is 12.7 Å². The Bertz CT molecular complexity index is 772. The van der Waals surface area contributed by atoms with Gasteiger partial charge >= 0.3 is 0 Å². The van der Waals surface area contributed by atoms with E-state index in [1.165, 1.54) is 6.20 Å². The Kier molecular flexibility index (Phi) is 4.94. The monoisotopic (exact) mass is 332 g/mol. The highest BCUT2D eigenvalue weighted by molar-refractivity contribution is 5.78. The third-order valence-corrected chi connectivity index (χ3v) is 4.53. The van der Waals surface area contributed by atoms with E-state index in [-0.39, 0.29) is 17.4 Å². The minimum Gasteiger partial charge on any atom is -0.356 e. The van der Waals surface area contributed by atoms with E-state index in [0.29, 0.717) is 23.4 Å². The molecule has 0 bridgehead atoms. The van der Waals surface area contributed by atoms with Crippen LogP contribution in [0.1, 0.15) is 32.0 Å². The van der Waals surface area contributed by atoms with Crippen LogP contribution >= 0.6 is 0 Å². The molecular formula is C16H24N6O2. The fourth-order valence-electron chi connectivity index (χ4n) is 3.11. The average molecular weight is 332 g/mol. The molecule has 2 N–H and O–H groups in total. The first-order valence-corrected chi connectivity index (χ1v) is 8.49. The summed E-state index contributed by atoms with van der Waals surface area (Å²) >= 11 is 0. The highest BCUT2D eigenvalue weighted by Gasteiger charge is 2.25. The zero-order valence-electron chi connectivity index (χ0n) is 14.2. The Labute approximate surface area is 140 Å². The van der Waals surface area contributed by atoms with E-state index in [1.54, 1.807) is 11.7 Å². The molecular weight excluding hydrogens is 308 g/mol. The number of aromatic nitrogens is 4. The van der Waals surface area contributed by atoms with E-state index in [2.05, 4.69) is 32.2 Å². The Morgan fingerprint density at radius 1 is 1.42 bits per heavy atom. The minimum absolute atomic E-state index is 0.0966.